The van der Waals surface area contributed by atoms with Crippen LogP contribution >= 0.6 is 0 Å². The van der Waals surface area contributed by atoms with Gasteiger partial charge < -0.3 is 8.98 Å². The first-order valence-corrected chi connectivity index (χ1v) is 10.4. The molecular formula is C25H25N5O. The third-order valence-electron chi connectivity index (χ3n) is 5.46. The Bertz CT molecular complexity index is 1260. The second kappa shape index (κ2) is 8.24. The number of fused-ring (bicyclic) bond motifs is 1. The number of hydrogen-bond donors (Lipinski definition) is 0. The van der Waals surface area contributed by atoms with Crippen LogP contribution in [-0.2, 0) is 26.7 Å². The molecule has 0 bridgehead atoms. The molecule has 0 radical (unpaired) electrons. The lowest BCUT2D eigenvalue weighted by Crippen LogP contribution is -2.19. The zero-order valence-corrected chi connectivity index (χ0v) is 17.8. The molecule has 0 aliphatic rings. The second-order valence-corrected chi connectivity index (χ2v) is 7.96. The van der Waals surface area contributed by atoms with Crippen LogP contribution < -0.4 is 0 Å². The number of aryl methyl sites for hydroxylation is 1. The van der Waals surface area contributed by atoms with Crippen molar-refractivity contribution in [2.45, 2.75) is 19.6 Å². The lowest BCUT2D eigenvalue weighted by molar-refractivity contribution is 0.307. The minimum atomic E-state index is 0.719. The van der Waals surface area contributed by atoms with E-state index >= 15 is 0 Å². The molecule has 0 saturated heterocycles. The molecule has 0 aliphatic carbocycles. The minimum absolute atomic E-state index is 0.719. The van der Waals surface area contributed by atoms with Gasteiger partial charge in [0.25, 0.3) is 0 Å². The van der Waals surface area contributed by atoms with Crippen LogP contribution in [0, 0.1) is 0 Å². The number of benzene rings is 2. The quantitative estimate of drug-likeness (QED) is 0.389. The van der Waals surface area contributed by atoms with Gasteiger partial charge in [0.1, 0.15) is 17.1 Å². The molecule has 0 aliphatic heterocycles. The van der Waals surface area contributed by atoms with Crippen LogP contribution in [0.15, 0.2) is 83.7 Å². The summed E-state index contributed by atoms with van der Waals surface area (Å²) in [4.78, 5) is 6.70. The molecule has 0 spiro atoms. The molecule has 3 aromatic heterocycles. The average molecular weight is 412 g/mol. The fourth-order valence-corrected chi connectivity index (χ4v) is 3.87. The van der Waals surface area contributed by atoms with Crippen molar-refractivity contribution in [2.75, 3.05) is 7.05 Å². The number of nitrogens with zero attached hydrogens (tertiary/aromatic N) is 5. The molecule has 2 aromatic carbocycles. The van der Waals surface area contributed by atoms with Crippen LogP contribution in [0.4, 0.5) is 0 Å². The molecule has 0 N–H and O–H groups in total. The number of rotatable bonds is 7. The Kier molecular flexibility index (Phi) is 5.14. The highest BCUT2D eigenvalue weighted by Crippen LogP contribution is 2.30. The Morgan fingerprint density at radius 3 is 2.58 bits per heavy atom. The van der Waals surface area contributed by atoms with Crippen LogP contribution in [0.3, 0.4) is 0 Å². The first kappa shape index (κ1) is 19.3. The lowest BCUT2D eigenvalue weighted by atomic mass is 10.2. The molecule has 0 amide bonds. The molecule has 5 aromatic rings. The topological polar surface area (TPSA) is 52.0 Å². The number of imidazole rings is 1. The van der Waals surface area contributed by atoms with E-state index in [1.165, 1.54) is 5.56 Å². The maximum absolute atomic E-state index is 6.15. The Morgan fingerprint density at radius 1 is 1.00 bits per heavy atom. The third kappa shape index (κ3) is 4.15. The Morgan fingerprint density at radius 2 is 1.81 bits per heavy atom. The van der Waals surface area contributed by atoms with Gasteiger partial charge in [-0.1, -0.05) is 48.5 Å². The highest BCUT2D eigenvalue weighted by atomic mass is 16.3. The van der Waals surface area contributed by atoms with Gasteiger partial charge >= 0.3 is 0 Å². The van der Waals surface area contributed by atoms with Gasteiger partial charge in [-0.15, -0.1) is 0 Å². The van der Waals surface area contributed by atoms with Gasteiger partial charge in [-0.25, -0.2) is 4.98 Å². The number of aromatic nitrogens is 4. The van der Waals surface area contributed by atoms with Gasteiger partial charge in [0.2, 0.25) is 0 Å². The summed E-state index contributed by atoms with van der Waals surface area (Å²) in [7, 11) is 4.12. The molecule has 3 heterocycles. The SMILES string of the molecule is CN(Cc1cn(Cc2ccccc2)nc1-c1cc2ccccc2o1)Cc1nccn1C. The summed E-state index contributed by atoms with van der Waals surface area (Å²) in [5.41, 5.74) is 4.11. The maximum Gasteiger partial charge on any atom is 0.156 e. The normalized spacial score (nSPS) is 11.6. The van der Waals surface area contributed by atoms with Crippen molar-refractivity contribution in [3.63, 3.8) is 0 Å². The highest BCUT2D eigenvalue weighted by molar-refractivity contribution is 5.82. The zero-order chi connectivity index (χ0) is 21.2. The molecule has 5 rings (SSSR count). The summed E-state index contributed by atoms with van der Waals surface area (Å²) in [6.07, 6.45) is 5.94. The van der Waals surface area contributed by atoms with Gasteiger partial charge in [-0.3, -0.25) is 9.58 Å². The molecule has 0 atom stereocenters. The Labute approximate surface area is 181 Å². The molecule has 0 fully saturated rings. The predicted octanol–water partition coefficient (Wildman–Crippen LogP) is 4.71. The molecular weight excluding hydrogens is 386 g/mol. The summed E-state index contributed by atoms with van der Waals surface area (Å²) in [5.74, 6) is 1.83. The standard InChI is InChI=1S/C25H25N5O/c1-28(18-24-26-12-13-29(24)2)16-21-17-30(15-19-8-4-3-5-9-19)27-25(21)23-14-20-10-6-7-11-22(20)31-23/h3-14,17H,15-16,18H2,1-2H3. The van der Waals surface area contributed by atoms with Gasteiger partial charge in [0.05, 0.1) is 13.1 Å². The smallest absolute Gasteiger partial charge is 0.156 e. The van der Waals surface area contributed by atoms with E-state index < -0.39 is 0 Å². The van der Waals surface area contributed by atoms with Crippen molar-refractivity contribution in [3.8, 4) is 11.5 Å². The largest absolute Gasteiger partial charge is 0.454 e. The van der Waals surface area contributed by atoms with Crippen LogP contribution in [0.5, 0.6) is 0 Å². The second-order valence-electron chi connectivity index (χ2n) is 7.96. The van der Waals surface area contributed by atoms with Crippen molar-refractivity contribution in [1.82, 2.24) is 24.2 Å². The van der Waals surface area contributed by atoms with Crippen LogP contribution in [0.2, 0.25) is 0 Å². The van der Waals surface area contributed by atoms with E-state index in [1.54, 1.807) is 0 Å². The van der Waals surface area contributed by atoms with Crippen molar-refractivity contribution >= 4 is 11.0 Å². The van der Waals surface area contributed by atoms with E-state index in [1.807, 2.05) is 48.4 Å². The average Bonchev–Trinajstić information content (AvgIpc) is 3.47. The summed E-state index contributed by atoms with van der Waals surface area (Å²) >= 11 is 0. The van der Waals surface area contributed by atoms with Crippen LogP contribution in [0.25, 0.3) is 22.4 Å². The van der Waals surface area contributed by atoms with Crippen molar-refractivity contribution < 1.29 is 4.42 Å². The lowest BCUT2D eigenvalue weighted by Gasteiger charge is -2.15. The van der Waals surface area contributed by atoms with Crippen LogP contribution in [-0.4, -0.2) is 31.3 Å². The summed E-state index contributed by atoms with van der Waals surface area (Å²) in [5, 5.41) is 6.00. The first-order chi connectivity index (χ1) is 15.2. The predicted molar refractivity (Wildman–Crippen MR) is 121 cm³/mol. The molecule has 6 nitrogen and oxygen atoms in total. The summed E-state index contributed by atoms with van der Waals surface area (Å²) in [6.45, 7) is 2.22. The molecule has 0 saturated carbocycles. The highest BCUT2D eigenvalue weighted by Gasteiger charge is 2.18. The van der Waals surface area contributed by atoms with E-state index in [-0.39, 0.29) is 0 Å². The molecule has 31 heavy (non-hydrogen) atoms. The summed E-state index contributed by atoms with van der Waals surface area (Å²) in [6, 6.07) is 20.5. The third-order valence-corrected chi connectivity index (χ3v) is 5.46. The van der Waals surface area contributed by atoms with Gasteiger partial charge in [0, 0.05) is 43.1 Å². The van der Waals surface area contributed by atoms with E-state index in [0.29, 0.717) is 0 Å². The Balaban J connectivity index is 1.47. The van der Waals surface area contributed by atoms with Crippen molar-refractivity contribution in [2.24, 2.45) is 7.05 Å². The molecule has 6 heteroatoms. The maximum atomic E-state index is 6.15. The number of hydrogen-bond acceptors (Lipinski definition) is 4. The fourth-order valence-electron chi connectivity index (χ4n) is 3.87. The van der Waals surface area contributed by atoms with Crippen molar-refractivity contribution in [3.05, 3.63) is 96.2 Å². The van der Waals surface area contributed by atoms with Gasteiger partial charge in [-0.05, 0) is 24.7 Å². The van der Waals surface area contributed by atoms with Gasteiger partial charge in [0.15, 0.2) is 5.76 Å². The minimum Gasteiger partial charge on any atom is -0.454 e. The van der Waals surface area contributed by atoms with E-state index in [4.69, 9.17) is 9.52 Å². The number of furan rings is 1. The Hall–Kier alpha value is -3.64. The zero-order valence-electron chi connectivity index (χ0n) is 17.8. The molecule has 156 valence electrons. The van der Waals surface area contributed by atoms with E-state index in [2.05, 4.69) is 64.1 Å². The number of para-hydroxylation sites is 1. The summed E-state index contributed by atoms with van der Waals surface area (Å²) < 4.78 is 10.2. The van der Waals surface area contributed by atoms with Gasteiger partial charge in [-0.2, -0.15) is 5.10 Å². The monoisotopic (exact) mass is 411 g/mol. The fraction of sp³-hybridized carbons (Fsp3) is 0.200. The van der Waals surface area contributed by atoms with E-state index in [0.717, 1.165) is 53.4 Å². The molecule has 0 unspecified atom stereocenters. The van der Waals surface area contributed by atoms with Crippen molar-refractivity contribution in [1.29, 1.82) is 0 Å². The van der Waals surface area contributed by atoms with Crippen LogP contribution in [0.1, 0.15) is 17.0 Å². The first-order valence-electron chi connectivity index (χ1n) is 10.4. The van der Waals surface area contributed by atoms with E-state index in [9.17, 15) is 0 Å².